The molecule has 1 aliphatic heterocycles. The summed E-state index contributed by atoms with van der Waals surface area (Å²) >= 11 is 0. The fourth-order valence-corrected chi connectivity index (χ4v) is 2.35. The topological polar surface area (TPSA) is 51.6 Å². The molecule has 0 saturated carbocycles. The van der Waals surface area contributed by atoms with Crippen LogP contribution in [0.1, 0.15) is 25.8 Å². The molecule has 0 spiro atoms. The van der Waals surface area contributed by atoms with Gasteiger partial charge in [0.25, 0.3) is 5.92 Å². The minimum absolute atomic E-state index is 0.182. The van der Waals surface area contributed by atoms with Gasteiger partial charge in [0.05, 0.1) is 6.54 Å². The van der Waals surface area contributed by atoms with Gasteiger partial charge in [-0.3, -0.25) is 0 Å². The van der Waals surface area contributed by atoms with E-state index in [1.165, 1.54) is 12.1 Å². The summed E-state index contributed by atoms with van der Waals surface area (Å²) < 4.78 is 26.8. The van der Waals surface area contributed by atoms with Gasteiger partial charge in [-0.25, -0.2) is 13.8 Å². The summed E-state index contributed by atoms with van der Waals surface area (Å²) in [6.45, 7) is 6.29. The van der Waals surface area contributed by atoms with Crippen LogP contribution in [-0.2, 0) is 6.42 Å². The van der Waals surface area contributed by atoms with E-state index in [0.717, 1.165) is 11.4 Å². The summed E-state index contributed by atoms with van der Waals surface area (Å²) in [4.78, 5) is 6.41. The van der Waals surface area contributed by atoms with Crippen LogP contribution in [0.25, 0.3) is 0 Å². The van der Waals surface area contributed by atoms with Crippen LogP contribution in [0.3, 0.4) is 0 Å². The number of piperazine rings is 1. The first-order valence-electron chi connectivity index (χ1n) is 8.16. The third kappa shape index (κ3) is 6.76. The van der Waals surface area contributed by atoms with E-state index in [-0.39, 0.29) is 13.0 Å². The molecule has 0 aliphatic carbocycles. The lowest BCUT2D eigenvalue weighted by atomic mass is 10.1. The first-order valence-corrected chi connectivity index (χ1v) is 8.16. The molecule has 1 saturated heterocycles. The molecule has 0 radical (unpaired) electrons. The molecule has 2 N–H and O–H groups in total. The van der Waals surface area contributed by atoms with Crippen molar-refractivity contribution in [2.45, 2.75) is 32.6 Å². The first-order chi connectivity index (χ1) is 11.0. The van der Waals surface area contributed by atoms with E-state index in [2.05, 4.69) is 15.2 Å². The lowest BCUT2D eigenvalue weighted by Gasteiger charge is -2.31. The number of hydrogen-bond donors (Lipinski definition) is 2. The van der Waals surface area contributed by atoms with Crippen LogP contribution in [0.5, 0.6) is 0 Å². The van der Waals surface area contributed by atoms with E-state index in [4.69, 9.17) is 0 Å². The van der Waals surface area contributed by atoms with Crippen molar-refractivity contribution in [3.8, 4) is 0 Å². The summed E-state index contributed by atoms with van der Waals surface area (Å²) in [6, 6.07) is 3.71. The van der Waals surface area contributed by atoms with Crippen LogP contribution in [0.2, 0.25) is 0 Å². The molecule has 1 aromatic heterocycles. The minimum atomic E-state index is -2.69. The number of aryl methyl sites for hydroxylation is 1. The summed E-state index contributed by atoms with van der Waals surface area (Å²) in [6.07, 6.45) is 1.79. The molecule has 132 valence electrons. The molecule has 2 heterocycles. The van der Waals surface area contributed by atoms with E-state index in [9.17, 15) is 14.0 Å². The number of anilines is 1. The van der Waals surface area contributed by atoms with E-state index >= 15 is 0 Å². The molecule has 1 aromatic rings. The smallest absolute Gasteiger partial charge is 0.260 e. The Morgan fingerprint density at radius 3 is 2.39 bits per heavy atom. The van der Waals surface area contributed by atoms with E-state index in [1.807, 2.05) is 26.0 Å². The number of pyridine rings is 1. The molecular weight excluding hydrogens is 302 g/mol. The predicted octanol–water partition coefficient (Wildman–Crippen LogP) is 2.41. The molecular formula is C16H28F2N4O. The second-order valence-electron chi connectivity index (χ2n) is 5.35. The van der Waals surface area contributed by atoms with Crippen molar-refractivity contribution < 1.29 is 14.0 Å². The maximum Gasteiger partial charge on any atom is 0.260 e. The van der Waals surface area contributed by atoms with E-state index in [1.54, 1.807) is 6.20 Å². The van der Waals surface area contributed by atoms with E-state index < -0.39 is 5.92 Å². The Morgan fingerprint density at radius 1 is 1.22 bits per heavy atom. The Morgan fingerprint density at radius 2 is 1.87 bits per heavy atom. The Hall–Kier alpha value is -1.31. The van der Waals surface area contributed by atoms with Crippen LogP contribution < -0.4 is 10.2 Å². The third-order valence-corrected chi connectivity index (χ3v) is 3.60. The molecule has 0 amide bonds. The maximum atomic E-state index is 13.4. The second kappa shape index (κ2) is 9.75. The maximum absolute atomic E-state index is 13.4. The van der Waals surface area contributed by atoms with Crippen LogP contribution in [0.4, 0.5) is 14.6 Å². The van der Waals surface area contributed by atoms with Crippen molar-refractivity contribution in [3.63, 3.8) is 0 Å². The second-order valence-corrected chi connectivity index (χ2v) is 5.35. The number of rotatable bonds is 6. The Balaban J connectivity index is 0.00000127. The number of aromatic nitrogens is 1. The molecule has 2 rings (SSSR count). The van der Waals surface area contributed by atoms with Gasteiger partial charge in [-0.1, -0.05) is 19.9 Å². The highest BCUT2D eigenvalue weighted by molar-refractivity contribution is 5.39. The van der Waals surface area contributed by atoms with Crippen molar-refractivity contribution in [1.29, 1.82) is 0 Å². The van der Waals surface area contributed by atoms with Gasteiger partial charge in [0.2, 0.25) is 0 Å². The SMILES string of the molecule is CC.CNCC(F)(F)CCc1ccc(N2CCN(O)CC2)nc1. The van der Waals surface area contributed by atoms with Crippen LogP contribution in [0, 0.1) is 0 Å². The highest BCUT2D eigenvalue weighted by atomic mass is 19.3. The Bertz CT molecular complexity index is 434. The lowest BCUT2D eigenvalue weighted by molar-refractivity contribution is -0.0936. The lowest BCUT2D eigenvalue weighted by Crippen LogP contribution is -2.45. The highest BCUT2D eigenvalue weighted by Gasteiger charge is 2.27. The van der Waals surface area contributed by atoms with Crippen molar-refractivity contribution in [2.24, 2.45) is 0 Å². The zero-order valence-electron chi connectivity index (χ0n) is 14.2. The van der Waals surface area contributed by atoms with Crippen molar-refractivity contribution >= 4 is 5.82 Å². The van der Waals surface area contributed by atoms with Gasteiger partial charge in [-0.05, 0) is 25.1 Å². The summed E-state index contributed by atoms with van der Waals surface area (Å²) in [7, 11) is 1.52. The van der Waals surface area contributed by atoms with Gasteiger partial charge in [0.15, 0.2) is 0 Å². The van der Waals surface area contributed by atoms with Gasteiger partial charge in [-0.2, -0.15) is 5.06 Å². The number of hydrogen-bond acceptors (Lipinski definition) is 5. The largest absolute Gasteiger partial charge is 0.354 e. The Labute approximate surface area is 137 Å². The highest BCUT2D eigenvalue weighted by Crippen LogP contribution is 2.21. The van der Waals surface area contributed by atoms with Gasteiger partial charge in [0, 0.05) is 38.8 Å². The number of alkyl halides is 2. The number of nitrogens with zero attached hydrogens (tertiary/aromatic N) is 3. The molecule has 7 heteroatoms. The predicted molar refractivity (Wildman–Crippen MR) is 88.4 cm³/mol. The quantitative estimate of drug-likeness (QED) is 0.839. The molecule has 0 atom stereocenters. The number of hydroxylamine groups is 2. The third-order valence-electron chi connectivity index (χ3n) is 3.60. The standard InChI is InChI=1S/C14H22F2N4O.C2H6/c1-17-11-14(15,16)5-4-12-2-3-13(18-10-12)19-6-8-20(21)9-7-19;1-2/h2-3,10,17,21H,4-9,11H2,1H3;1-2H3. The van der Waals surface area contributed by atoms with Crippen LogP contribution >= 0.6 is 0 Å². The average Bonchev–Trinajstić information content (AvgIpc) is 2.56. The summed E-state index contributed by atoms with van der Waals surface area (Å²) in [5.41, 5.74) is 0.815. The first kappa shape index (κ1) is 19.7. The molecule has 0 bridgehead atoms. The van der Waals surface area contributed by atoms with Crippen molar-refractivity contribution in [3.05, 3.63) is 23.9 Å². The molecule has 1 aliphatic rings. The zero-order chi connectivity index (χ0) is 17.3. The Kier molecular flexibility index (Phi) is 8.36. The molecule has 0 aromatic carbocycles. The average molecular weight is 330 g/mol. The molecule has 1 fully saturated rings. The summed E-state index contributed by atoms with van der Waals surface area (Å²) in [5, 5.41) is 13.1. The molecule has 0 unspecified atom stereocenters. The number of halogens is 2. The summed E-state index contributed by atoms with van der Waals surface area (Å²) in [5.74, 6) is -1.86. The molecule has 5 nitrogen and oxygen atoms in total. The fraction of sp³-hybridized carbons (Fsp3) is 0.688. The van der Waals surface area contributed by atoms with Crippen molar-refractivity contribution in [1.82, 2.24) is 15.4 Å². The van der Waals surface area contributed by atoms with Gasteiger partial charge in [0.1, 0.15) is 5.82 Å². The number of nitrogens with one attached hydrogen (secondary N) is 1. The normalized spacial score (nSPS) is 16.0. The minimum Gasteiger partial charge on any atom is -0.354 e. The fourth-order valence-electron chi connectivity index (χ4n) is 2.35. The van der Waals surface area contributed by atoms with Crippen molar-refractivity contribution in [2.75, 3.05) is 44.7 Å². The van der Waals surface area contributed by atoms with Gasteiger partial charge < -0.3 is 15.4 Å². The zero-order valence-corrected chi connectivity index (χ0v) is 14.2. The van der Waals surface area contributed by atoms with Crippen LogP contribution in [0.15, 0.2) is 18.3 Å². The molecule has 23 heavy (non-hydrogen) atoms. The van der Waals surface area contributed by atoms with Gasteiger partial charge >= 0.3 is 0 Å². The van der Waals surface area contributed by atoms with Crippen LogP contribution in [-0.4, -0.2) is 60.9 Å². The van der Waals surface area contributed by atoms with Gasteiger partial charge in [-0.15, -0.1) is 0 Å². The van der Waals surface area contributed by atoms with E-state index in [0.29, 0.717) is 32.6 Å². The monoisotopic (exact) mass is 330 g/mol.